The Bertz CT molecular complexity index is 119. The molecule has 11 heavy (non-hydrogen) atoms. The zero-order chi connectivity index (χ0) is 8.27. The van der Waals surface area contributed by atoms with Crippen LogP contribution < -0.4 is 0 Å². The van der Waals surface area contributed by atoms with E-state index in [9.17, 15) is 0 Å². The molecule has 1 fully saturated rings. The van der Waals surface area contributed by atoms with Gasteiger partial charge in [0.1, 0.15) is 0 Å². The average molecular weight is 159 g/mol. The van der Waals surface area contributed by atoms with E-state index in [2.05, 4.69) is 11.8 Å². The number of hydrogen-bond donors (Lipinski definition) is 2. The van der Waals surface area contributed by atoms with Crippen LogP contribution in [-0.4, -0.2) is 47.5 Å². The van der Waals surface area contributed by atoms with Crippen LogP contribution in [0.1, 0.15) is 13.3 Å². The van der Waals surface area contributed by atoms with Crippen molar-refractivity contribution in [1.29, 1.82) is 0 Å². The minimum absolute atomic E-state index is 0.120. The molecule has 1 aliphatic rings. The molecule has 1 saturated heterocycles. The van der Waals surface area contributed by atoms with Crippen LogP contribution in [0.3, 0.4) is 0 Å². The first-order valence-corrected chi connectivity index (χ1v) is 4.23. The SMILES string of the molecule is CC1CCN(C[C@H](O)CO)C1. The highest BCUT2D eigenvalue weighted by Crippen LogP contribution is 2.14. The van der Waals surface area contributed by atoms with Crippen LogP contribution in [0.25, 0.3) is 0 Å². The van der Waals surface area contributed by atoms with Gasteiger partial charge in [-0.2, -0.15) is 0 Å². The zero-order valence-electron chi connectivity index (χ0n) is 7.03. The van der Waals surface area contributed by atoms with Crippen molar-refractivity contribution in [2.24, 2.45) is 5.92 Å². The molecule has 3 nitrogen and oxygen atoms in total. The molecule has 0 aromatic heterocycles. The maximum Gasteiger partial charge on any atom is 0.0897 e. The average Bonchev–Trinajstić information content (AvgIpc) is 2.35. The second-order valence-corrected chi connectivity index (χ2v) is 3.49. The second-order valence-electron chi connectivity index (χ2n) is 3.49. The molecular formula is C8H17NO2. The molecule has 1 rings (SSSR count). The van der Waals surface area contributed by atoms with Gasteiger partial charge in [0.05, 0.1) is 12.7 Å². The molecule has 0 aromatic rings. The van der Waals surface area contributed by atoms with E-state index in [4.69, 9.17) is 10.2 Å². The molecule has 0 bridgehead atoms. The predicted octanol–water partition coefficient (Wildman–Crippen LogP) is -0.319. The lowest BCUT2D eigenvalue weighted by atomic mass is 10.2. The summed E-state index contributed by atoms with van der Waals surface area (Å²) >= 11 is 0. The number of likely N-dealkylation sites (tertiary alicyclic amines) is 1. The van der Waals surface area contributed by atoms with Crippen molar-refractivity contribution in [3.05, 3.63) is 0 Å². The van der Waals surface area contributed by atoms with Gasteiger partial charge in [-0.25, -0.2) is 0 Å². The van der Waals surface area contributed by atoms with Gasteiger partial charge in [0.25, 0.3) is 0 Å². The Kier molecular flexibility index (Phi) is 3.30. The molecule has 0 aliphatic carbocycles. The summed E-state index contributed by atoms with van der Waals surface area (Å²) in [4.78, 5) is 2.20. The Morgan fingerprint density at radius 3 is 2.82 bits per heavy atom. The Hall–Kier alpha value is -0.120. The molecule has 0 spiro atoms. The van der Waals surface area contributed by atoms with Crippen molar-refractivity contribution in [2.75, 3.05) is 26.2 Å². The first-order valence-electron chi connectivity index (χ1n) is 4.23. The van der Waals surface area contributed by atoms with Crippen molar-refractivity contribution >= 4 is 0 Å². The third kappa shape index (κ3) is 2.77. The fourth-order valence-electron chi connectivity index (χ4n) is 1.55. The van der Waals surface area contributed by atoms with Crippen LogP contribution in [0.4, 0.5) is 0 Å². The van der Waals surface area contributed by atoms with Crippen LogP contribution in [0.5, 0.6) is 0 Å². The van der Waals surface area contributed by atoms with Gasteiger partial charge >= 0.3 is 0 Å². The quantitative estimate of drug-likeness (QED) is 0.593. The van der Waals surface area contributed by atoms with Gasteiger partial charge in [0.15, 0.2) is 0 Å². The molecular weight excluding hydrogens is 142 g/mol. The van der Waals surface area contributed by atoms with Gasteiger partial charge in [-0.1, -0.05) is 6.92 Å². The summed E-state index contributed by atoms with van der Waals surface area (Å²) in [6.45, 7) is 4.85. The summed E-state index contributed by atoms with van der Waals surface area (Å²) in [6, 6.07) is 0. The molecule has 2 N–H and O–H groups in total. The van der Waals surface area contributed by atoms with Gasteiger partial charge in [-0.05, 0) is 18.9 Å². The number of β-amino-alcohol motifs (C(OH)–C–C–N with tert-alkyl or cyclic N) is 1. The Labute approximate surface area is 67.6 Å². The van der Waals surface area contributed by atoms with E-state index in [1.165, 1.54) is 6.42 Å². The van der Waals surface area contributed by atoms with E-state index in [1.807, 2.05) is 0 Å². The minimum Gasteiger partial charge on any atom is -0.394 e. The first-order chi connectivity index (χ1) is 5.22. The summed E-state index contributed by atoms with van der Waals surface area (Å²) in [6.07, 6.45) is 0.665. The van der Waals surface area contributed by atoms with Crippen molar-refractivity contribution in [3.8, 4) is 0 Å². The Morgan fingerprint density at radius 1 is 1.64 bits per heavy atom. The molecule has 2 atom stereocenters. The van der Waals surface area contributed by atoms with Crippen molar-refractivity contribution in [1.82, 2.24) is 4.90 Å². The summed E-state index contributed by atoms with van der Waals surface area (Å²) < 4.78 is 0. The van der Waals surface area contributed by atoms with E-state index >= 15 is 0 Å². The number of aliphatic hydroxyl groups is 2. The third-order valence-corrected chi connectivity index (χ3v) is 2.19. The Morgan fingerprint density at radius 2 is 2.36 bits per heavy atom. The van der Waals surface area contributed by atoms with Crippen molar-refractivity contribution in [3.63, 3.8) is 0 Å². The van der Waals surface area contributed by atoms with Gasteiger partial charge < -0.3 is 15.1 Å². The molecule has 0 amide bonds. The van der Waals surface area contributed by atoms with E-state index in [-0.39, 0.29) is 6.61 Å². The predicted molar refractivity (Wildman–Crippen MR) is 43.3 cm³/mol. The van der Waals surface area contributed by atoms with Crippen LogP contribution >= 0.6 is 0 Å². The highest BCUT2D eigenvalue weighted by atomic mass is 16.3. The van der Waals surface area contributed by atoms with Crippen LogP contribution in [0.2, 0.25) is 0 Å². The number of rotatable bonds is 3. The zero-order valence-corrected chi connectivity index (χ0v) is 7.03. The lowest BCUT2D eigenvalue weighted by molar-refractivity contribution is 0.0653. The fraction of sp³-hybridized carbons (Fsp3) is 1.00. The van der Waals surface area contributed by atoms with Crippen LogP contribution in [0.15, 0.2) is 0 Å². The largest absolute Gasteiger partial charge is 0.394 e. The summed E-state index contributed by atoms with van der Waals surface area (Å²) in [5, 5.41) is 17.7. The van der Waals surface area contributed by atoms with Crippen LogP contribution in [0, 0.1) is 5.92 Å². The monoisotopic (exact) mass is 159 g/mol. The molecule has 1 heterocycles. The van der Waals surface area contributed by atoms with Gasteiger partial charge in [-0.3, -0.25) is 0 Å². The number of aliphatic hydroxyl groups excluding tert-OH is 2. The topological polar surface area (TPSA) is 43.7 Å². The van der Waals surface area contributed by atoms with Gasteiger partial charge in [0, 0.05) is 13.1 Å². The van der Waals surface area contributed by atoms with Crippen LogP contribution in [-0.2, 0) is 0 Å². The lowest BCUT2D eigenvalue weighted by Crippen LogP contribution is -2.32. The molecule has 0 aromatic carbocycles. The van der Waals surface area contributed by atoms with E-state index in [0.29, 0.717) is 6.54 Å². The summed E-state index contributed by atoms with van der Waals surface area (Å²) in [5.41, 5.74) is 0. The normalized spacial score (nSPS) is 29.2. The van der Waals surface area contributed by atoms with E-state index < -0.39 is 6.10 Å². The highest BCUT2D eigenvalue weighted by molar-refractivity contribution is 4.74. The fourth-order valence-corrected chi connectivity index (χ4v) is 1.55. The first kappa shape index (κ1) is 8.97. The van der Waals surface area contributed by atoms with E-state index in [1.54, 1.807) is 0 Å². The third-order valence-electron chi connectivity index (χ3n) is 2.19. The molecule has 66 valence electrons. The maximum absolute atomic E-state index is 9.11. The molecule has 3 heteroatoms. The number of hydrogen-bond acceptors (Lipinski definition) is 3. The lowest BCUT2D eigenvalue weighted by Gasteiger charge is -2.17. The molecule has 0 saturated carbocycles. The molecule has 0 radical (unpaired) electrons. The highest BCUT2D eigenvalue weighted by Gasteiger charge is 2.20. The summed E-state index contributed by atoms with van der Waals surface area (Å²) in [5.74, 6) is 0.751. The second kappa shape index (κ2) is 4.04. The smallest absolute Gasteiger partial charge is 0.0897 e. The standard InChI is InChI=1S/C8H17NO2/c1-7-2-3-9(4-7)5-8(11)6-10/h7-8,10-11H,2-6H2,1H3/t7?,8-/m0/s1. The summed E-state index contributed by atoms with van der Waals surface area (Å²) in [7, 11) is 0. The van der Waals surface area contributed by atoms with E-state index in [0.717, 1.165) is 19.0 Å². The van der Waals surface area contributed by atoms with Crippen molar-refractivity contribution in [2.45, 2.75) is 19.4 Å². The van der Waals surface area contributed by atoms with Crippen molar-refractivity contribution < 1.29 is 10.2 Å². The molecule has 1 unspecified atom stereocenters. The number of nitrogens with zero attached hydrogens (tertiary/aromatic N) is 1. The maximum atomic E-state index is 9.11. The van der Waals surface area contributed by atoms with Gasteiger partial charge in [-0.15, -0.1) is 0 Å². The molecule has 1 aliphatic heterocycles. The Balaban J connectivity index is 2.17. The minimum atomic E-state index is -0.555. The van der Waals surface area contributed by atoms with Gasteiger partial charge in [0.2, 0.25) is 0 Å².